The minimum absolute atomic E-state index is 0.0526. The maximum atomic E-state index is 11.4. The highest BCUT2D eigenvalue weighted by Crippen LogP contribution is 2.28. The molecule has 1 aromatic carbocycles. The molecule has 0 aliphatic heterocycles. The molecule has 0 saturated heterocycles. The Kier molecular flexibility index (Phi) is 4.20. The summed E-state index contributed by atoms with van der Waals surface area (Å²) in [6.45, 7) is 0. The highest BCUT2D eigenvalue weighted by atomic mass is 32.2. The molecule has 1 N–H and O–H groups in total. The number of benzene rings is 1. The van der Waals surface area contributed by atoms with Crippen LogP contribution in [0.5, 0.6) is 0 Å². The third-order valence-electron chi connectivity index (χ3n) is 2.75. The van der Waals surface area contributed by atoms with Crippen LogP contribution in [0.3, 0.4) is 0 Å². The fourth-order valence-corrected chi connectivity index (χ4v) is 2.81. The average Bonchev–Trinajstić information content (AvgIpc) is 2.73. The topological polar surface area (TPSA) is 54.4 Å². The normalized spacial score (nSPS) is 14.7. The number of Topliss-reactive ketones (excluding diaryl/α,β-unsaturated/α-hetero) is 1. The van der Waals surface area contributed by atoms with E-state index in [0.29, 0.717) is 6.42 Å². The Hall–Kier alpha value is -1.55. The van der Waals surface area contributed by atoms with Gasteiger partial charge < -0.3 is 5.11 Å². The summed E-state index contributed by atoms with van der Waals surface area (Å²) in [5.74, 6) is 0.173. The van der Waals surface area contributed by atoms with Crippen LogP contribution in [-0.2, 0) is 21.8 Å². The van der Waals surface area contributed by atoms with Crippen LogP contribution in [0.25, 0.3) is 0 Å². The number of hydrogen-bond donors (Lipinski definition) is 1. The number of rotatable bonds is 5. The third kappa shape index (κ3) is 3.47. The molecular formula is C14H14O3S. The van der Waals surface area contributed by atoms with Crippen molar-refractivity contribution in [3.05, 3.63) is 46.4 Å². The van der Waals surface area contributed by atoms with E-state index in [-0.39, 0.29) is 12.2 Å². The van der Waals surface area contributed by atoms with Crippen LogP contribution in [0.1, 0.15) is 24.0 Å². The Balaban J connectivity index is 1.90. The van der Waals surface area contributed by atoms with Crippen LogP contribution in [-0.4, -0.2) is 16.9 Å². The number of aliphatic carboxylic acids is 1. The SMILES string of the molecule is O=C(O)Cc1ccc(CSC2=CCCC2=O)cc1. The second kappa shape index (κ2) is 5.87. The molecule has 1 aliphatic carbocycles. The number of hydrogen-bond acceptors (Lipinski definition) is 3. The zero-order valence-electron chi connectivity index (χ0n) is 9.89. The molecule has 1 aliphatic rings. The van der Waals surface area contributed by atoms with E-state index in [1.54, 1.807) is 11.8 Å². The summed E-state index contributed by atoms with van der Waals surface area (Å²) in [6, 6.07) is 7.50. The lowest BCUT2D eigenvalue weighted by atomic mass is 10.1. The highest BCUT2D eigenvalue weighted by molar-refractivity contribution is 8.03. The Morgan fingerprint density at radius 2 is 1.89 bits per heavy atom. The molecule has 2 rings (SSSR count). The Morgan fingerprint density at radius 1 is 1.22 bits per heavy atom. The van der Waals surface area contributed by atoms with Crippen molar-refractivity contribution in [1.29, 1.82) is 0 Å². The molecule has 0 unspecified atom stereocenters. The largest absolute Gasteiger partial charge is 0.481 e. The van der Waals surface area contributed by atoms with Gasteiger partial charge in [0, 0.05) is 17.1 Å². The summed E-state index contributed by atoms with van der Waals surface area (Å²) < 4.78 is 0. The lowest BCUT2D eigenvalue weighted by Gasteiger charge is -2.03. The van der Waals surface area contributed by atoms with Gasteiger partial charge in [-0.25, -0.2) is 0 Å². The maximum absolute atomic E-state index is 11.4. The second-order valence-electron chi connectivity index (χ2n) is 4.21. The van der Waals surface area contributed by atoms with E-state index in [9.17, 15) is 9.59 Å². The smallest absolute Gasteiger partial charge is 0.307 e. The molecule has 94 valence electrons. The molecule has 0 spiro atoms. The molecule has 0 heterocycles. The molecule has 4 heteroatoms. The fraction of sp³-hybridized carbons (Fsp3) is 0.286. The zero-order chi connectivity index (χ0) is 13.0. The van der Waals surface area contributed by atoms with Crippen molar-refractivity contribution in [2.75, 3.05) is 0 Å². The van der Waals surface area contributed by atoms with Gasteiger partial charge in [-0.05, 0) is 17.5 Å². The molecular weight excluding hydrogens is 248 g/mol. The lowest BCUT2D eigenvalue weighted by molar-refractivity contribution is -0.136. The average molecular weight is 262 g/mol. The second-order valence-corrected chi connectivity index (χ2v) is 5.22. The highest BCUT2D eigenvalue weighted by Gasteiger charge is 2.15. The number of thioether (sulfide) groups is 1. The van der Waals surface area contributed by atoms with Crippen molar-refractivity contribution in [2.45, 2.75) is 25.0 Å². The lowest BCUT2D eigenvalue weighted by Crippen LogP contribution is -1.99. The van der Waals surface area contributed by atoms with Gasteiger partial charge in [0.1, 0.15) is 0 Å². The molecule has 0 atom stereocenters. The number of carbonyl (C=O) groups excluding carboxylic acids is 1. The first-order valence-electron chi connectivity index (χ1n) is 5.81. The molecule has 0 aromatic heterocycles. The van der Waals surface area contributed by atoms with Gasteiger partial charge in [-0.1, -0.05) is 30.3 Å². The number of carbonyl (C=O) groups is 2. The summed E-state index contributed by atoms with van der Waals surface area (Å²) in [5.41, 5.74) is 1.90. The molecule has 0 fully saturated rings. The quantitative estimate of drug-likeness (QED) is 0.886. The van der Waals surface area contributed by atoms with Gasteiger partial charge in [0.25, 0.3) is 0 Å². The predicted molar refractivity (Wildman–Crippen MR) is 71.4 cm³/mol. The summed E-state index contributed by atoms with van der Waals surface area (Å²) >= 11 is 1.56. The van der Waals surface area contributed by atoms with Gasteiger partial charge in [-0.2, -0.15) is 0 Å². The number of ketones is 1. The van der Waals surface area contributed by atoms with Gasteiger partial charge in [0.2, 0.25) is 0 Å². The van der Waals surface area contributed by atoms with Gasteiger partial charge >= 0.3 is 5.97 Å². The van der Waals surface area contributed by atoms with E-state index in [1.807, 2.05) is 30.3 Å². The van der Waals surface area contributed by atoms with E-state index < -0.39 is 5.97 Å². The zero-order valence-corrected chi connectivity index (χ0v) is 10.7. The Labute approximate surface area is 110 Å². The van der Waals surface area contributed by atoms with Crippen molar-refractivity contribution in [2.24, 2.45) is 0 Å². The standard InChI is InChI=1S/C14H14O3S/c15-12-2-1-3-13(12)18-9-11-6-4-10(5-7-11)8-14(16)17/h3-7H,1-2,8-9H2,(H,16,17). The van der Waals surface area contributed by atoms with Crippen LogP contribution >= 0.6 is 11.8 Å². The Morgan fingerprint density at radius 3 is 2.44 bits per heavy atom. The number of allylic oxidation sites excluding steroid dienone is 2. The molecule has 0 saturated carbocycles. The molecule has 0 bridgehead atoms. The Bertz CT molecular complexity index is 488. The van der Waals surface area contributed by atoms with Crippen molar-refractivity contribution < 1.29 is 14.7 Å². The third-order valence-corrected chi connectivity index (χ3v) is 3.93. The summed E-state index contributed by atoms with van der Waals surface area (Å²) in [6.07, 6.45) is 3.54. The van der Waals surface area contributed by atoms with E-state index in [2.05, 4.69) is 0 Å². The van der Waals surface area contributed by atoms with E-state index in [1.165, 1.54) is 0 Å². The van der Waals surface area contributed by atoms with E-state index >= 15 is 0 Å². The van der Waals surface area contributed by atoms with Crippen molar-refractivity contribution >= 4 is 23.5 Å². The minimum atomic E-state index is -0.821. The van der Waals surface area contributed by atoms with Crippen LogP contribution < -0.4 is 0 Å². The molecule has 0 amide bonds. The maximum Gasteiger partial charge on any atom is 0.307 e. The summed E-state index contributed by atoms with van der Waals surface area (Å²) in [5, 5.41) is 8.66. The first-order valence-corrected chi connectivity index (χ1v) is 6.79. The number of carboxylic acids is 1. The predicted octanol–water partition coefficient (Wildman–Crippen LogP) is 2.79. The van der Waals surface area contributed by atoms with Gasteiger partial charge in [0.05, 0.1) is 6.42 Å². The summed E-state index contributed by atoms with van der Waals surface area (Å²) in [7, 11) is 0. The van der Waals surface area contributed by atoms with Gasteiger partial charge in [0.15, 0.2) is 5.78 Å². The van der Waals surface area contributed by atoms with Crippen LogP contribution in [0, 0.1) is 0 Å². The van der Waals surface area contributed by atoms with E-state index in [0.717, 1.165) is 28.2 Å². The first-order chi connectivity index (χ1) is 8.65. The summed E-state index contributed by atoms with van der Waals surface area (Å²) in [4.78, 5) is 22.8. The van der Waals surface area contributed by atoms with E-state index in [4.69, 9.17) is 5.11 Å². The molecule has 1 aromatic rings. The molecule has 18 heavy (non-hydrogen) atoms. The van der Waals surface area contributed by atoms with Gasteiger partial charge in [-0.3, -0.25) is 9.59 Å². The number of carboxylic acid groups (broad SMARTS) is 1. The van der Waals surface area contributed by atoms with Crippen molar-refractivity contribution in [3.8, 4) is 0 Å². The van der Waals surface area contributed by atoms with Crippen molar-refractivity contribution in [1.82, 2.24) is 0 Å². The molecule has 0 radical (unpaired) electrons. The van der Waals surface area contributed by atoms with Crippen LogP contribution in [0.15, 0.2) is 35.2 Å². The van der Waals surface area contributed by atoms with Gasteiger partial charge in [-0.15, -0.1) is 11.8 Å². The fourth-order valence-electron chi connectivity index (χ4n) is 1.80. The monoisotopic (exact) mass is 262 g/mol. The first kappa shape index (κ1) is 12.9. The van der Waals surface area contributed by atoms with Crippen molar-refractivity contribution in [3.63, 3.8) is 0 Å². The minimum Gasteiger partial charge on any atom is -0.481 e. The molecule has 3 nitrogen and oxygen atoms in total. The van der Waals surface area contributed by atoms with Crippen LogP contribution in [0.2, 0.25) is 0 Å². The van der Waals surface area contributed by atoms with Crippen LogP contribution in [0.4, 0.5) is 0 Å².